The summed E-state index contributed by atoms with van der Waals surface area (Å²) in [6.45, 7) is 0.918. The van der Waals surface area contributed by atoms with Gasteiger partial charge in [0.15, 0.2) is 0 Å². The summed E-state index contributed by atoms with van der Waals surface area (Å²) in [7, 11) is 0. The quantitative estimate of drug-likeness (QED) is 0.848. The zero-order chi connectivity index (χ0) is 14.7. The second kappa shape index (κ2) is 6.91. The van der Waals surface area contributed by atoms with Crippen LogP contribution in [0.3, 0.4) is 0 Å². The molecule has 0 radical (unpaired) electrons. The minimum Gasteiger partial charge on any atom is -0.378 e. The lowest BCUT2D eigenvalue weighted by Crippen LogP contribution is -2.21. The molecule has 21 heavy (non-hydrogen) atoms. The molecule has 112 valence electrons. The molecule has 1 aliphatic heterocycles. The van der Waals surface area contributed by atoms with Gasteiger partial charge >= 0.3 is 0 Å². The maximum absolute atomic E-state index is 6.46. The molecule has 2 N–H and O–H groups in total. The number of hydrogen-bond donors (Lipinski definition) is 1. The van der Waals surface area contributed by atoms with Crippen molar-refractivity contribution in [2.24, 2.45) is 5.73 Å². The molecular formula is C18H22BrNO. The fourth-order valence-corrected chi connectivity index (χ4v) is 3.64. The van der Waals surface area contributed by atoms with Crippen LogP contribution in [0, 0.1) is 0 Å². The molecule has 0 aromatic heterocycles. The highest BCUT2D eigenvalue weighted by atomic mass is 79.9. The highest BCUT2D eigenvalue weighted by Crippen LogP contribution is 2.31. The molecule has 0 bridgehead atoms. The first-order valence-corrected chi connectivity index (χ1v) is 8.59. The Morgan fingerprint density at radius 2 is 1.95 bits per heavy atom. The molecule has 2 aromatic rings. The molecule has 3 heteroatoms. The second-order valence-corrected chi connectivity index (χ2v) is 6.71. The van der Waals surface area contributed by atoms with Gasteiger partial charge in [0.05, 0.1) is 6.10 Å². The van der Waals surface area contributed by atoms with E-state index in [1.54, 1.807) is 0 Å². The highest BCUT2D eigenvalue weighted by molar-refractivity contribution is 9.10. The minimum atomic E-state index is 0.0773. The number of hydrogen-bond acceptors (Lipinski definition) is 2. The van der Waals surface area contributed by atoms with Crippen LogP contribution in [0.2, 0.25) is 0 Å². The van der Waals surface area contributed by atoms with Gasteiger partial charge in [0.25, 0.3) is 0 Å². The van der Waals surface area contributed by atoms with Crippen LogP contribution >= 0.6 is 15.9 Å². The van der Waals surface area contributed by atoms with E-state index in [2.05, 4.69) is 52.3 Å². The molecule has 1 aliphatic rings. The van der Waals surface area contributed by atoms with Gasteiger partial charge in [-0.25, -0.2) is 0 Å². The molecule has 3 rings (SSSR count). The van der Waals surface area contributed by atoms with Gasteiger partial charge in [-0.1, -0.05) is 46.3 Å². The lowest BCUT2D eigenvalue weighted by molar-refractivity contribution is 0.00914. The average molecular weight is 348 g/mol. The Labute approximate surface area is 134 Å². The molecule has 0 saturated carbocycles. The van der Waals surface area contributed by atoms with Crippen LogP contribution in [0.25, 0.3) is 10.8 Å². The zero-order valence-corrected chi connectivity index (χ0v) is 13.8. The first-order valence-electron chi connectivity index (χ1n) is 7.80. The smallest absolute Gasteiger partial charge is 0.0575 e. The molecule has 2 nitrogen and oxygen atoms in total. The minimum absolute atomic E-state index is 0.0773. The topological polar surface area (TPSA) is 35.2 Å². The van der Waals surface area contributed by atoms with E-state index < -0.39 is 0 Å². The van der Waals surface area contributed by atoms with Crippen LogP contribution in [-0.2, 0) is 4.74 Å². The van der Waals surface area contributed by atoms with E-state index >= 15 is 0 Å². The van der Waals surface area contributed by atoms with Crippen molar-refractivity contribution >= 4 is 26.7 Å². The van der Waals surface area contributed by atoms with E-state index in [1.807, 2.05) is 0 Å². The van der Waals surface area contributed by atoms with Crippen molar-refractivity contribution in [1.82, 2.24) is 0 Å². The fourth-order valence-electron chi connectivity index (χ4n) is 3.16. The van der Waals surface area contributed by atoms with Crippen molar-refractivity contribution < 1.29 is 4.74 Å². The Hall–Kier alpha value is -0.900. The summed E-state index contributed by atoms with van der Waals surface area (Å²) in [4.78, 5) is 0. The average Bonchev–Trinajstić information content (AvgIpc) is 2.54. The van der Waals surface area contributed by atoms with E-state index in [-0.39, 0.29) is 6.04 Å². The van der Waals surface area contributed by atoms with Crippen LogP contribution in [0.5, 0.6) is 0 Å². The zero-order valence-electron chi connectivity index (χ0n) is 12.2. The first kappa shape index (κ1) is 15.0. The van der Waals surface area contributed by atoms with Gasteiger partial charge in [-0.05, 0) is 54.5 Å². The predicted octanol–water partition coefficient (Wildman–Crippen LogP) is 4.95. The van der Waals surface area contributed by atoms with E-state index in [4.69, 9.17) is 10.5 Å². The first-order chi connectivity index (χ1) is 10.3. The number of nitrogens with two attached hydrogens (primary N) is 1. The van der Waals surface area contributed by atoms with Gasteiger partial charge in [-0.3, -0.25) is 0 Å². The van der Waals surface area contributed by atoms with Crippen molar-refractivity contribution in [2.45, 2.75) is 44.2 Å². The molecule has 2 aromatic carbocycles. The number of halogens is 1. The standard InChI is InChI=1S/C18H22BrNO/c19-17-10-9-16(14-6-1-2-7-15(14)17)18(20)11-8-13-5-3-4-12-21-13/h1-2,6-7,9-10,13,18H,3-5,8,11-12,20H2. The maximum atomic E-state index is 6.46. The van der Waals surface area contributed by atoms with Crippen LogP contribution in [-0.4, -0.2) is 12.7 Å². The summed E-state index contributed by atoms with van der Waals surface area (Å²) >= 11 is 3.62. The lowest BCUT2D eigenvalue weighted by Gasteiger charge is -2.24. The van der Waals surface area contributed by atoms with Crippen molar-refractivity contribution in [2.75, 3.05) is 6.61 Å². The van der Waals surface area contributed by atoms with Gasteiger partial charge in [0, 0.05) is 17.1 Å². The number of benzene rings is 2. The Morgan fingerprint density at radius 3 is 2.71 bits per heavy atom. The van der Waals surface area contributed by atoms with Gasteiger partial charge in [0.2, 0.25) is 0 Å². The van der Waals surface area contributed by atoms with Crippen LogP contribution in [0.15, 0.2) is 40.9 Å². The summed E-state index contributed by atoms with van der Waals surface area (Å²) in [6.07, 6.45) is 6.14. The van der Waals surface area contributed by atoms with Crippen molar-refractivity contribution in [3.63, 3.8) is 0 Å². The molecule has 1 heterocycles. The summed E-state index contributed by atoms with van der Waals surface area (Å²) in [5.41, 5.74) is 7.70. The highest BCUT2D eigenvalue weighted by Gasteiger charge is 2.17. The summed E-state index contributed by atoms with van der Waals surface area (Å²) < 4.78 is 6.94. The molecule has 2 atom stereocenters. The van der Waals surface area contributed by atoms with E-state index in [9.17, 15) is 0 Å². The van der Waals surface area contributed by atoms with Crippen LogP contribution in [0.1, 0.15) is 43.7 Å². The van der Waals surface area contributed by atoms with E-state index in [1.165, 1.54) is 35.6 Å². The maximum Gasteiger partial charge on any atom is 0.0575 e. The third-order valence-corrected chi connectivity index (χ3v) is 5.07. The molecule has 0 spiro atoms. The van der Waals surface area contributed by atoms with Gasteiger partial charge in [0.1, 0.15) is 0 Å². The molecule has 2 unspecified atom stereocenters. The second-order valence-electron chi connectivity index (χ2n) is 5.85. The van der Waals surface area contributed by atoms with E-state index in [0.29, 0.717) is 6.10 Å². The molecule has 1 fully saturated rings. The van der Waals surface area contributed by atoms with E-state index in [0.717, 1.165) is 23.9 Å². The molecular weight excluding hydrogens is 326 g/mol. The van der Waals surface area contributed by atoms with Gasteiger partial charge in [-0.2, -0.15) is 0 Å². The largest absolute Gasteiger partial charge is 0.378 e. The normalized spacial score (nSPS) is 20.6. The third-order valence-electron chi connectivity index (χ3n) is 4.38. The van der Waals surface area contributed by atoms with Gasteiger partial charge in [-0.15, -0.1) is 0 Å². The Balaban J connectivity index is 1.75. The molecule has 1 saturated heterocycles. The van der Waals surface area contributed by atoms with Gasteiger partial charge < -0.3 is 10.5 Å². The van der Waals surface area contributed by atoms with Crippen molar-refractivity contribution in [1.29, 1.82) is 0 Å². The fraction of sp³-hybridized carbons (Fsp3) is 0.444. The van der Waals surface area contributed by atoms with Crippen molar-refractivity contribution in [3.8, 4) is 0 Å². The number of rotatable bonds is 4. The lowest BCUT2D eigenvalue weighted by atomic mass is 9.94. The SMILES string of the molecule is NC(CCC1CCCCO1)c1ccc(Br)c2ccccc12. The third kappa shape index (κ3) is 3.47. The molecule has 0 aliphatic carbocycles. The predicted molar refractivity (Wildman–Crippen MR) is 91.4 cm³/mol. The van der Waals surface area contributed by atoms with Crippen LogP contribution < -0.4 is 5.73 Å². The number of fused-ring (bicyclic) bond motifs is 1. The Bertz CT molecular complexity index is 607. The summed E-state index contributed by atoms with van der Waals surface area (Å²) in [6, 6.07) is 12.8. The van der Waals surface area contributed by atoms with Crippen LogP contribution in [0.4, 0.5) is 0 Å². The van der Waals surface area contributed by atoms with Crippen molar-refractivity contribution in [3.05, 3.63) is 46.4 Å². The monoisotopic (exact) mass is 347 g/mol. The summed E-state index contributed by atoms with van der Waals surface area (Å²) in [5.74, 6) is 0. The number of ether oxygens (including phenoxy) is 1. The summed E-state index contributed by atoms with van der Waals surface area (Å²) in [5, 5.41) is 2.49. The molecule has 0 amide bonds. The Kier molecular flexibility index (Phi) is 4.94. The Morgan fingerprint density at radius 1 is 1.14 bits per heavy atom.